The van der Waals surface area contributed by atoms with Crippen LogP contribution in [-0.4, -0.2) is 30.2 Å². The Labute approximate surface area is 114 Å². The zero-order chi connectivity index (χ0) is 13.4. The number of para-hydroxylation sites is 3. The van der Waals surface area contributed by atoms with Crippen LogP contribution in [0.2, 0.25) is 0 Å². The molecule has 4 aromatic rings. The van der Waals surface area contributed by atoms with E-state index < -0.39 is 0 Å². The van der Waals surface area contributed by atoms with Crippen molar-refractivity contribution in [1.82, 2.24) is 30.2 Å². The molecule has 4 rings (SSSR count). The van der Waals surface area contributed by atoms with E-state index >= 15 is 0 Å². The Bertz CT molecular complexity index is 862. The van der Waals surface area contributed by atoms with E-state index in [-0.39, 0.29) is 0 Å². The molecule has 0 radical (unpaired) electrons. The highest BCUT2D eigenvalue weighted by Crippen LogP contribution is 2.26. The van der Waals surface area contributed by atoms with Crippen molar-refractivity contribution in [2.45, 2.75) is 0 Å². The van der Waals surface area contributed by atoms with Crippen LogP contribution in [0.25, 0.3) is 28.1 Å². The summed E-state index contributed by atoms with van der Waals surface area (Å²) in [6.45, 7) is 0. The Morgan fingerprint density at radius 2 is 1.80 bits per heavy atom. The Kier molecular flexibility index (Phi) is 2.32. The maximum Gasteiger partial charge on any atom is 0.206 e. The summed E-state index contributed by atoms with van der Waals surface area (Å²) < 4.78 is 2.03. The second kappa shape index (κ2) is 4.27. The van der Waals surface area contributed by atoms with Gasteiger partial charge in [-0.15, -0.1) is 10.2 Å². The molecule has 1 N–H and O–H groups in total. The summed E-state index contributed by atoms with van der Waals surface area (Å²) in [6.07, 6.45) is 1.81. The quantitative estimate of drug-likeness (QED) is 0.601. The third kappa shape index (κ3) is 1.58. The topological polar surface area (TPSA) is 72.3 Å². The number of nitrogens with one attached hydrogen (secondary N) is 1. The molecule has 0 amide bonds. The van der Waals surface area contributed by atoms with Crippen molar-refractivity contribution in [2.24, 2.45) is 0 Å². The lowest BCUT2D eigenvalue weighted by Gasteiger charge is -2.08. The third-order valence-electron chi connectivity index (χ3n) is 3.20. The molecule has 2 heterocycles. The third-order valence-corrected chi connectivity index (χ3v) is 3.20. The zero-order valence-electron chi connectivity index (χ0n) is 10.4. The van der Waals surface area contributed by atoms with Crippen LogP contribution in [0, 0.1) is 0 Å². The van der Waals surface area contributed by atoms with E-state index in [0.717, 1.165) is 22.3 Å². The van der Waals surface area contributed by atoms with Gasteiger partial charge in [-0.3, -0.25) is 4.57 Å². The number of rotatable bonds is 2. The van der Waals surface area contributed by atoms with E-state index in [4.69, 9.17) is 0 Å². The van der Waals surface area contributed by atoms with Gasteiger partial charge in [-0.2, -0.15) is 5.21 Å². The normalized spacial score (nSPS) is 11.0. The molecule has 2 aromatic heterocycles. The molecule has 0 saturated carbocycles. The van der Waals surface area contributed by atoms with Crippen molar-refractivity contribution >= 4 is 11.0 Å². The van der Waals surface area contributed by atoms with Gasteiger partial charge in [0, 0.05) is 5.56 Å². The van der Waals surface area contributed by atoms with Gasteiger partial charge in [0.15, 0.2) is 0 Å². The Morgan fingerprint density at radius 1 is 0.950 bits per heavy atom. The molecule has 0 spiro atoms. The average molecular weight is 262 g/mol. The fourth-order valence-electron chi connectivity index (χ4n) is 2.30. The molecular weight excluding hydrogens is 252 g/mol. The number of imidazole rings is 1. The maximum atomic E-state index is 4.42. The van der Waals surface area contributed by atoms with Gasteiger partial charge in [0.25, 0.3) is 0 Å². The molecule has 6 nitrogen and oxygen atoms in total. The van der Waals surface area contributed by atoms with Crippen molar-refractivity contribution in [3.8, 4) is 17.1 Å². The molecule has 0 atom stereocenters. The fourth-order valence-corrected chi connectivity index (χ4v) is 2.30. The summed E-state index contributed by atoms with van der Waals surface area (Å²) in [6, 6.07) is 15.9. The van der Waals surface area contributed by atoms with Gasteiger partial charge in [-0.25, -0.2) is 4.98 Å². The van der Waals surface area contributed by atoms with Gasteiger partial charge in [0.2, 0.25) is 5.82 Å². The minimum absolute atomic E-state index is 0.568. The monoisotopic (exact) mass is 262 g/mol. The number of H-pyrrole nitrogens is 1. The molecule has 0 aliphatic heterocycles. The predicted molar refractivity (Wildman–Crippen MR) is 74.2 cm³/mol. The lowest BCUT2D eigenvalue weighted by molar-refractivity contribution is 0.881. The van der Waals surface area contributed by atoms with Crippen molar-refractivity contribution < 1.29 is 0 Å². The lowest BCUT2D eigenvalue weighted by atomic mass is 10.1. The number of nitrogens with zero attached hydrogens (tertiary/aromatic N) is 5. The highest BCUT2D eigenvalue weighted by Gasteiger charge is 2.12. The molecule has 2 aromatic carbocycles. The highest BCUT2D eigenvalue weighted by atomic mass is 15.5. The second-order valence-electron chi connectivity index (χ2n) is 4.36. The standard InChI is InChI=1S/C14H10N6/c1-3-7-12(10(5-1)14-16-18-19-17-14)20-9-15-11-6-2-4-8-13(11)20/h1-9H,(H,16,17,18,19). The number of hydrogen-bond donors (Lipinski definition) is 1. The Balaban J connectivity index is 1.99. The molecule has 0 fully saturated rings. The molecule has 0 unspecified atom stereocenters. The number of fused-ring (bicyclic) bond motifs is 1. The maximum absolute atomic E-state index is 4.42. The van der Waals surface area contributed by atoms with Crippen LogP contribution in [0.5, 0.6) is 0 Å². The number of benzene rings is 2. The van der Waals surface area contributed by atoms with Crippen molar-refractivity contribution in [3.05, 3.63) is 54.9 Å². The summed E-state index contributed by atoms with van der Waals surface area (Å²) in [5, 5.41) is 14.2. The summed E-state index contributed by atoms with van der Waals surface area (Å²) in [5.41, 5.74) is 3.88. The first-order chi connectivity index (χ1) is 9.93. The molecular formula is C14H10N6. The van der Waals surface area contributed by atoms with E-state index in [1.165, 1.54) is 0 Å². The summed E-state index contributed by atoms with van der Waals surface area (Å²) >= 11 is 0. The lowest BCUT2D eigenvalue weighted by Crippen LogP contribution is -1.96. The molecule has 0 saturated heterocycles. The average Bonchev–Trinajstić information content (AvgIpc) is 3.17. The van der Waals surface area contributed by atoms with Crippen LogP contribution in [0.1, 0.15) is 0 Å². The van der Waals surface area contributed by atoms with Crippen molar-refractivity contribution in [1.29, 1.82) is 0 Å². The van der Waals surface area contributed by atoms with E-state index in [0.29, 0.717) is 5.82 Å². The molecule has 96 valence electrons. The highest BCUT2D eigenvalue weighted by molar-refractivity contribution is 5.80. The van der Waals surface area contributed by atoms with Crippen LogP contribution in [-0.2, 0) is 0 Å². The first-order valence-corrected chi connectivity index (χ1v) is 6.19. The van der Waals surface area contributed by atoms with Gasteiger partial charge < -0.3 is 0 Å². The minimum Gasteiger partial charge on any atom is -0.298 e. The molecule has 0 bridgehead atoms. The molecule has 0 aliphatic carbocycles. The molecule has 6 heteroatoms. The second-order valence-corrected chi connectivity index (χ2v) is 4.36. The van der Waals surface area contributed by atoms with Gasteiger partial charge >= 0.3 is 0 Å². The van der Waals surface area contributed by atoms with Crippen LogP contribution < -0.4 is 0 Å². The molecule has 20 heavy (non-hydrogen) atoms. The van der Waals surface area contributed by atoms with E-state index in [1.807, 2.05) is 59.4 Å². The summed E-state index contributed by atoms with van der Waals surface area (Å²) in [7, 11) is 0. The van der Waals surface area contributed by atoms with Gasteiger partial charge in [0.1, 0.15) is 6.33 Å². The van der Waals surface area contributed by atoms with Gasteiger partial charge in [-0.1, -0.05) is 24.3 Å². The van der Waals surface area contributed by atoms with Crippen LogP contribution in [0.4, 0.5) is 0 Å². The fraction of sp³-hybridized carbons (Fsp3) is 0. The van der Waals surface area contributed by atoms with Crippen molar-refractivity contribution in [3.63, 3.8) is 0 Å². The largest absolute Gasteiger partial charge is 0.298 e. The number of aromatic nitrogens is 6. The van der Waals surface area contributed by atoms with E-state index in [2.05, 4.69) is 25.6 Å². The Hall–Kier alpha value is -3.02. The Morgan fingerprint density at radius 3 is 2.70 bits per heavy atom. The minimum atomic E-state index is 0.568. The summed E-state index contributed by atoms with van der Waals surface area (Å²) in [4.78, 5) is 4.42. The zero-order valence-corrected chi connectivity index (χ0v) is 10.4. The SMILES string of the molecule is c1ccc(-n2cnc3ccccc32)c(-c2nn[nH]n2)c1. The van der Waals surface area contributed by atoms with Crippen LogP contribution in [0.15, 0.2) is 54.9 Å². The molecule has 0 aliphatic rings. The van der Waals surface area contributed by atoms with Gasteiger partial charge in [0.05, 0.1) is 16.7 Å². The summed E-state index contributed by atoms with van der Waals surface area (Å²) in [5.74, 6) is 0.568. The van der Waals surface area contributed by atoms with Crippen LogP contribution >= 0.6 is 0 Å². The van der Waals surface area contributed by atoms with E-state index in [9.17, 15) is 0 Å². The number of tetrazole rings is 1. The number of hydrogen-bond acceptors (Lipinski definition) is 4. The first kappa shape index (κ1) is 10.9. The first-order valence-electron chi connectivity index (χ1n) is 6.19. The number of aromatic amines is 1. The predicted octanol–water partition coefficient (Wildman–Crippen LogP) is 2.21. The van der Waals surface area contributed by atoms with Crippen molar-refractivity contribution in [2.75, 3.05) is 0 Å². The van der Waals surface area contributed by atoms with E-state index in [1.54, 1.807) is 0 Å². The van der Waals surface area contributed by atoms with Gasteiger partial charge in [-0.05, 0) is 29.5 Å². The van der Waals surface area contributed by atoms with Crippen LogP contribution in [0.3, 0.4) is 0 Å². The smallest absolute Gasteiger partial charge is 0.206 e.